The van der Waals surface area contributed by atoms with Crippen LogP contribution in [-0.4, -0.2) is 34.8 Å². The number of thiazole rings is 1. The quantitative estimate of drug-likeness (QED) is 0.894. The Morgan fingerprint density at radius 2 is 1.77 bits per heavy atom. The summed E-state index contributed by atoms with van der Waals surface area (Å²) in [7, 11) is 0. The minimum atomic E-state index is -0.0392. The second kappa shape index (κ2) is 7.19. The second-order valence-electron chi connectivity index (χ2n) is 7.16. The lowest BCUT2D eigenvalue weighted by molar-refractivity contribution is -0.135. The molecule has 2 aromatic rings. The SMILES string of the molecule is Cc1nc(NC(=O)C2CCN(C(=O)C3CC3)CC2)sc1-c1ccccc1. The molecule has 0 radical (unpaired) electrons. The van der Waals surface area contributed by atoms with Crippen LogP contribution in [0.5, 0.6) is 0 Å². The summed E-state index contributed by atoms with van der Waals surface area (Å²) in [5.74, 6) is 0.529. The largest absolute Gasteiger partial charge is 0.342 e. The van der Waals surface area contributed by atoms with Crippen molar-refractivity contribution in [3.8, 4) is 10.4 Å². The van der Waals surface area contributed by atoms with Gasteiger partial charge in [-0.3, -0.25) is 9.59 Å². The van der Waals surface area contributed by atoms with Gasteiger partial charge >= 0.3 is 0 Å². The molecular formula is C20H23N3O2S. The maximum Gasteiger partial charge on any atom is 0.229 e. The molecule has 5 nitrogen and oxygen atoms in total. The van der Waals surface area contributed by atoms with E-state index < -0.39 is 0 Å². The molecule has 136 valence electrons. The van der Waals surface area contributed by atoms with Crippen molar-refractivity contribution in [2.75, 3.05) is 18.4 Å². The number of carbonyl (C=O) groups is 2. The van der Waals surface area contributed by atoms with Crippen LogP contribution >= 0.6 is 11.3 Å². The minimum absolute atomic E-state index is 0.0249. The summed E-state index contributed by atoms with van der Waals surface area (Å²) in [6, 6.07) is 10.1. The van der Waals surface area contributed by atoms with Crippen LogP contribution in [0.15, 0.2) is 30.3 Å². The molecule has 1 aliphatic heterocycles. The van der Waals surface area contributed by atoms with Gasteiger partial charge in [-0.15, -0.1) is 0 Å². The number of nitrogens with one attached hydrogen (secondary N) is 1. The highest BCUT2D eigenvalue weighted by molar-refractivity contribution is 7.19. The summed E-state index contributed by atoms with van der Waals surface area (Å²) in [5.41, 5.74) is 2.05. The lowest BCUT2D eigenvalue weighted by Crippen LogP contribution is -2.42. The molecule has 1 aromatic heterocycles. The Kier molecular flexibility index (Phi) is 4.76. The Bertz CT molecular complexity index is 806. The highest BCUT2D eigenvalue weighted by Gasteiger charge is 2.36. The molecule has 0 spiro atoms. The van der Waals surface area contributed by atoms with Crippen LogP contribution in [0.2, 0.25) is 0 Å². The Morgan fingerprint density at radius 1 is 1.08 bits per heavy atom. The van der Waals surface area contributed by atoms with Gasteiger partial charge in [0.05, 0.1) is 10.6 Å². The summed E-state index contributed by atoms with van der Waals surface area (Å²) in [4.78, 5) is 32.3. The molecule has 1 aromatic carbocycles. The molecule has 1 saturated carbocycles. The maximum atomic E-state index is 12.6. The average molecular weight is 369 g/mol. The molecule has 26 heavy (non-hydrogen) atoms. The Balaban J connectivity index is 1.36. The van der Waals surface area contributed by atoms with E-state index in [1.54, 1.807) is 0 Å². The van der Waals surface area contributed by atoms with Gasteiger partial charge in [-0.2, -0.15) is 0 Å². The first-order valence-electron chi connectivity index (χ1n) is 9.24. The van der Waals surface area contributed by atoms with Crippen molar-refractivity contribution in [3.63, 3.8) is 0 Å². The van der Waals surface area contributed by atoms with E-state index in [1.807, 2.05) is 30.0 Å². The molecule has 2 heterocycles. The van der Waals surface area contributed by atoms with Crippen molar-refractivity contribution < 1.29 is 9.59 Å². The van der Waals surface area contributed by atoms with E-state index in [2.05, 4.69) is 22.4 Å². The number of benzene rings is 1. The van der Waals surface area contributed by atoms with Gasteiger partial charge in [0.15, 0.2) is 5.13 Å². The Morgan fingerprint density at radius 3 is 2.42 bits per heavy atom. The number of amides is 2. The Hall–Kier alpha value is -2.21. The first kappa shape index (κ1) is 17.2. The zero-order valence-electron chi connectivity index (χ0n) is 14.9. The molecule has 2 aliphatic rings. The molecule has 1 aliphatic carbocycles. The third-order valence-electron chi connectivity index (χ3n) is 5.17. The van der Waals surface area contributed by atoms with Gasteiger partial charge in [0.25, 0.3) is 0 Å². The third kappa shape index (κ3) is 3.65. The van der Waals surface area contributed by atoms with Crippen molar-refractivity contribution in [1.29, 1.82) is 0 Å². The van der Waals surface area contributed by atoms with Gasteiger partial charge in [-0.25, -0.2) is 4.98 Å². The van der Waals surface area contributed by atoms with Gasteiger partial charge < -0.3 is 10.2 Å². The lowest BCUT2D eigenvalue weighted by atomic mass is 9.95. The van der Waals surface area contributed by atoms with Crippen LogP contribution in [0.4, 0.5) is 5.13 Å². The first-order valence-corrected chi connectivity index (χ1v) is 10.1. The van der Waals surface area contributed by atoms with Crippen LogP contribution in [0, 0.1) is 18.8 Å². The van der Waals surface area contributed by atoms with Gasteiger partial charge in [-0.1, -0.05) is 41.7 Å². The number of rotatable bonds is 4. The standard InChI is InChI=1S/C20H23N3O2S/c1-13-17(14-5-3-2-4-6-14)26-20(21-13)22-18(24)15-9-11-23(12-10-15)19(25)16-7-8-16/h2-6,15-16H,7-12H2,1H3,(H,21,22,24). The van der Waals surface area contributed by atoms with Crippen LogP contribution in [-0.2, 0) is 9.59 Å². The maximum absolute atomic E-state index is 12.6. The average Bonchev–Trinajstić information content (AvgIpc) is 3.45. The highest BCUT2D eigenvalue weighted by Crippen LogP contribution is 2.34. The van der Waals surface area contributed by atoms with Crippen LogP contribution in [0.1, 0.15) is 31.4 Å². The summed E-state index contributed by atoms with van der Waals surface area (Å²) in [6.45, 7) is 3.36. The van der Waals surface area contributed by atoms with E-state index in [-0.39, 0.29) is 23.7 Å². The number of carbonyl (C=O) groups excluding carboxylic acids is 2. The van der Waals surface area contributed by atoms with E-state index in [0.717, 1.165) is 41.8 Å². The monoisotopic (exact) mass is 369 g/mol. The second-order valence-corrected chi connectivity index (χ2v) is 8.16. The zero-order valence-corrected chi connectivity index (χ0v) is 15.7. The van der Waals surface area contributed by atoms with E-state index in [0.29, 0.717) is 18.2 Å². The predicted octanol–water partition coefficient (Wildman–Crippen LogP) is 3.71. The summed E-state index contributed by atoms with van der Waals surface area (Å²) in [6.07, 6.45) is 3.54. The van der Waals surface area contributed by atoms with Gasteiger partial charge in [0.1, 0.15) is 0 Å². The molecule has 0 atom stereocenters. The smallest absolute Gasteiger partial charge is 0.229 e. The highest BCUT2D eigenvalue weighted by atomic mass is 32.1. The van der Waals surface area contributed by atoms with Gasteiger partial charge in [0, 0.05) is 24.9 Å². The minimum Gasteiger partial charge on any atom is -0.342 e. The molecule has 4 rings (SSSR count). The van der Waals surface area contributed by atoms with Crippen LogP contribution < -0.4 is 5.32 Å². The van der Waals surface area contributed by atoms with E-state index in [1.165, 1.54) is 11.3 Å². The van der Waals surface area contributed by atoms with Crippen LogP contribution in [0.25, 0.3) is 10.4 Å². The number of piperidine rings is 1. The lowest BCUT2D eigenvalue weighted by Gasteiger charge is -2.31. The van der Waals surface area contributed by atoms with Gasteiger partial charge in [-0.05, 0) is 38.2 Å². The van der Waals surface area contributed by atoms with Crippen molar-refractivity contribution >= 4 is 28.3 Å². The fraction of sp³-hybridized carbons (Fsp3) is 0.450. The first-order chi connectivity index (χ1) is 12.6. The fourth-order valence-electron chi connectivity index (χ4n) is 3.47. The normalized spacial score (nSPS) is 18.0. The molecule has 0 unspecified atom stereocenters. The predicted molar refractivity (Wildman–Crippen MR) is 103 cm³/mol. The summed E-state index contributed by atoms with van der Waals surface area (Å²) >= 11 is 1.51. The number of hydrogen-bond acceptors (Lipinski definition) is 4. The molecular weight excluding hydrogens is 346 g/mol. The van der Waals surface area contributed by atoms with Crippen molar-refractivity contribution in [1.82, 2.24) is 9.88 Å². The summed E-state index contributed by atoms with van der Waals surface area (Å²) in [5, 5.41) is 3.64. The number of nitrogens with zero attached hydrogens (tertiary/aromatic N) is 2. The number of anilines is 1. The van der Waals surface area contributed by atoms with Crippen molar-refractivity contribution in [3.05, 3.63) is 36.0 Å². The number of aryl methyl sites for hydroxylation is 1. The van der Waals surface area contributed by atoms with Crippen LogP contribution in [0.3, 0.4) is 0 Å². The number of likely N-dealkylation sites (tertiary alicyclic amines) is 1. The number of hydrogen-bond donors (Lipinski definition) is 1. The Labute approximate surface area is 157 Å². The van der Waals surface area contributed by atoms with Crippen molar-refractivity contribution in [2.45, 2.75) is 32.6 Å². The number of aromatic nitrogens is 1. The molecule has 6 heteroatoms. The van der Waals surface area contributed by atoms with E-state index >= 15 is 0 Å². The van der Waals surface area contributed by atoms with Gasteiger partial charge in [0.2, 0.25) is 11.8 Å². The van der Waals surface area contributed by atoms with Crippen molar-refractivity contribution in [2.24, 2.45) is 11.8 Å². The van der Waals surface area contributed by atoms with E-state index in [4.69, 9.17) is 0 Å². The molecule has 1 saturated heterocycles. The molecule has 2 fully saturated rings. The third-order valence-corrected chi connectivity index (χ3v) is 6.29. The fourth-order valence-corrected chi connectivity index (χ4v) is 4.44. The zero-order chi connectivity index (χ0) is 18.1. The molecule has 2 amide bonds. The molecule has 0 bridgehead atoms. The van der Waals surface area contributed by atoms with E-state index in [9.17, 15) is 9.59 Å². The topological polar surface area (TPSA) is 62.3 Å². The summed E-state index contributed by atoms with van der Waals surface area (Å²) < 4.78 is 0. The molecule has 1 N–H and O–H groups in total.